The molecule has 0 radical (unpaired) electrons. The van der Waals surface area contributed by atoms with E-state index in [-0.39, 0.29) is 0 Å². The molecule has 15 heavy (non-hydrogen) atoms. The van der Waals surface area contributed by atoms with E-state index in [0.29, 0.717) is 10.5 Å². The highest BCUT2D eigenvalue weighted by atomic mass is 79.9. The highest BCUT2D eigenvalue weighted by Crippen LogP contribution is 2.46. The van der Waals surface area contributed by atoms with E-state index in [2.05, 4.69) is 15.9 Å². The fraction of sp³-hybridized carbons (Fsp3) is 0.250. The van der Waals surface area contributed by atoms with E-state index in [1.165, 1.54) is 0 Å². The van der Waals surface area contributed by atoms with Crippen LogP contribution >= 0.6 is 15.9 Å². The first-order valence-corrected chi connectivity index (χ1v) is 4.45. The lowest BCUT2D eigenvalue weighted by Crippen LogP contribution is -2.34. The van der Waals surface area contributed by atoms with Crippen LogP contribution < -0.4 is 5.73 Å². The summed E-state index contributed by atoms with van der Waals surface area (Å²) in [6.07, 6.45) is -5.64. The lowest BCUT2D eigenvalue weighted by atomic mass is 10.1. The lowest BCUT2D eigenvalue weighted by Gasteiger charge is -2.21. The Balaban J connectivity index is 3.28. The third-order valence-corrected chi connectivity index (χ3v) is 2.20. The van der Waals surface area contributed by atoms with Crippen LogP contribution in [0.15, 0.2) is 22.7 Å². The topological polar surface area (TPSA) is 26.0 Å². The number of hydrogen-bond acceptors (Lipinski definition) is 1. The molecule has 0 bridgehead atoms. The van der Waals surface area contributed by atoms with Gasteiger partial charge in [-0.3, -0.25) is 0 Å². The van der Waals surface area contributed by atoms with Crippen molar-refractivity contribution in [1.82, 2.24) is 0 Å². The van der Waals surface area contributed by atoms with Gasteiger partial charge in [0.15, 0.2) is 0 Å². The monoisotopic (exact) mass is 289 g/mol. The summed E-state index contributed by atoms with van der Waals surface area (Å²) in [7, 11) is 0. The van der Waals surface area contributed by atoms with Gasteiger partial charge >= 0.3 is 12.1 Å². The van der Waals surface area contributed by atoms with Gasteiger partial charge in [0.2, 0.25) is 0 Å². The SMILES string of the molecule is Nc1cc(Br)ccc1C(F)(F)C(F)(F)F. The molecule has 84 valence electrons. The molecule has 0 aliphatic rings. The molecule has 0 unspecified atom stereocenters. The summed E-state index contributed by atoms with van der Waals surface area (Å²) in [4.78, 5) is 0. The highest BCUT2D eigenvalue weighted by Gasteiger charge is 2.59. The van der Waals surface area contributed by atoms with Crippen LogP contribution in [0.1, 0.15) is 5.56 Å². The predicted octanol–water partition coefficient (Wildman–Crippen LogP) is 3.69. The Hall–Kier alpha value is -0.850. The van der Waals surface area contributed by atoms with E-state index in [9.17, 15) is 22.0 Å². The third kappa shape index (κ3) is 2.22. The molecular weight excluding hydrogens is 285 g/mol. The van der Waals surface area contributed by atoms with Crippen LogP contribution in [0.5, 0.6) is 0 Å². The molecule has 7 heteroatoms. The van der Waals surface area contributed by atoms with Crippen molar-refractivity contribution in [1.29, 1.82) is 0 Å². The van der Waals surface area contributed by atoms with Gasteiger partial charge < -0.3 is 5.73 Å². The minimum Gasteiger partial charge on any atom is -0.398 e. The van der Waals surface area contributed by atoms with E-state index < -0.39 is 23.3 Å². The number of nitrogens with two attached hydrogens (primary N) is 1. The molecule has 0 atom stereocenters. The van der Waals surface area contributed by atoms with Crippen molar-refractivity contribution >= 4 is 21.6 Å². The van der Waals surface area contributed by atoms with Crippen LogP contribution in [0.25, 0.3) is 0 Å². The van der Waals surface area contributed by atoms with Crippen LogP contribution in [0.4, 0.5) is 27.6 Å². The Kier molecular flexibility index (Phi) is 2.95. The summed E-state index contributed by atoms with van der Waals surface area (Å²) in [5, 5.41) is 0. The van der Waals surface area contributed by atoms with E-state index in [1.54, 1.807) is 0 Å². The second-order valence-electron chi connectivity index (χ2n) is 2.80. The molecule has 1 aromatic rings. The molecule has 1 aromatic carbocycles. The zero-order valence-electron chi connectivity index (χ0n) is 7.08. The molecule has 0 spiro atoms. The molecular formula is C8H5BrF5N. The van der Waals surface area contributed by atoms with Gasteiger partial charge in [0.1, 0.15) is 0 Å². The van der Waals surface area contributed by atoms with Gasteiger partial charge in [0.25, 0.3) is 0 Å². The van der Waals surface area contributed by atoms with Gasteiger partial charge in [-0.25, -0.2) is 0 Å². The predicted molar refractivity (Wildman–Crippen MR) is 48.5 cm³/mol. The maximum Gasteiger partial charge on any atom is 0.458 e. The Labute approximate surface area is 90.2 Å². The number of anilines is 1. The summed E-state index contributed by atoms with van der Waals surface area (Å²) in [5.41, 5.74) is 3.25. The summed E-state index contributed by atoms with van der Waals surface area (Å²) in [5.74, 6) is -4.93. The fourth-order valence-corrected chi connectivity index (χ4v) is 1.35. The summed E-state index contributed by atoms with van der Waals surface area (Å²) in [6.45, 7) is 0. The molecule has 0 amide bonds. The van der Waals surface area contributed by atoms with Crippen molar-refractivity contribution in [2.45, 2.75) is 12.1 Å². The molecule has 0 aromatic heterocycles. The maximum atomic E-state index is 12.8. The first-order valence-electron chi connectivity index (χ1n) is 3.66. The molecule has 0 aliphatic heterocycles. The molecule has 0 fully saturated rings. The van der Waals surface area contributed by atoms with E-state index in [4.69, 9.17) is 5.73 Å². The average molecular weight is 290 g/mol. The van der Waals surface area contributed by atoms with Crippen LogP contribution in [-0.4, -0.2) is 6.18 Å². The van der Waals surface area contributed by atoms with Gasteiger partial charge in [-0.15, -0.1) is 0 Å². The molecule has 1 rings (SSSR count). The standard InChI is InChI=1S/C8H5BrF5N/c9-4-1-2-5(6(15)3-4)7(10,11)8(12,13)14/h1-3H,15H2. The van der Waals surface area contributed by atoms with Crippen LogP contribution in [0.2, 0.25) is 0 Å². The van der Waals surface area contributed by atoms with Gasteiger partial charge in [-0.2, -0.15) is 22.0 Å². The minimum absolute atomic E-state index is 0.335. The minimum atomic E-state index is -5.64. The van der Waals surface area contributed by atoms with Crippen molar-refractivity contribution < 1.29 is 22.0 Å². The quantitative estimate of drug-likeness (QED) is 0.619. The largest absolute Gasteiger partial charge is 0.458 e. The number of rotatable bonds is 1. The van der Waals surface area contributed by atoms with Crippen molar-refractivity contribution in [3.05, 3.63) is 28.2 Å². The van der Waals surface area contributed by atoms with Crippen LogP contribution in [0, 0.1) is 0 Å². The second-order valence-corrected chi connectivity index (χ2v) is 3.72. The van der Waals surface area contributed by atoms with Crippen LogP contribution in [0.3, 0.4) is 0 Å². The molecule has 2 N–H and O–H groups in total. The summed E-state index contributed by atoms with van der Waals surface area (Å²) < 4.78 is 62.0. The van der Waals surface area contributed by atoms with Gasteiger partial charge in [-0.1, -0.05) is 15.9 Å². The smallest absolute Gasteiger partial charge is 0.398 e. The van der Waals surface area contributed by atoms with Gasteiger partial charge in [0.05, 0.1) is 5.56 Å². The number of alkyl halides is 5. The van der Waals surface area contributed by atoms with Gasteiger partial charge in [0, 0.05) is 10.2 Å². The first-order chi connectivity index (χ1) is 6.66. The first kappa shape index (κ1) is 12.2. The molecule has 1 nitrogen and oxygen atoms in total. The van der Waals surface area contributed by atoms with Crippen molar-refractivity contribution in [3.8, 4) is 0 Å². The normalized spacial score (nSPS) is 12.9. The molecule has 0 aliphatic carbocycles. The Morgan fingerprint density at radius 1 is 1.07 bits per heavy atom. The summed E-state index contributed by atoms with van der Waals surface area (Å²) >= 11 is 2.91. The zero-order chi connectivity index (χ0) is 11.9. The highest BCUT2D eigenvalue weighted by molar-refractivity contribution is 9.10. The zero-order valence-corrected chi connectivity index (χ0v) is 8.66. The molecule has 0 heterocycles. The van der Waals surface area contributed by atoms with Crippen molar-refractivity contribution in [2.75, 3.05) is 5.73 Å². The maximum absolute atomic E-state index is 12.8. The average Bonchev–Trinajstić information content (AvgIpc) is 2.00. The number of halogens is 6. The molecule has 0 saturated heterocycles. The van der Waals surface area contributed by atoms with Crippen LogP contribution in [-0.2, 0) is 5.92 Å². The Morgan fingerprint density at radius 2 is 1.60 bits per heavy atom. The third-order valence-electron chi connectivity index (χ3n) is 1.71. The summed E-state index contributed by atoms with van der Waals surface area (Å²) in [6, 6.07) is 2.72. The molecule has 0 saturated carbocycles. The van der Waals surface area contributed by atoms with Crippen molar-refractivity contribution in [3.63, 3.8) is 0 Å². The van der Waals surface area contributed by atoms with E-state index in [1.807, 2.05) is 0 Å². The van der Waals surface area contributed by atoms with E-state index >= 15 is 0 Å². The second kappa shape index (κ2) is 3.62. The number of benzene rings is 1. The Morgan fingerprint density at radius 3 is 2.00 bits per heavy atom. The van der Waals surface area contributed by atoms with Crippen molar-refractivity contribution in [2.24, 2.45) is 0 Å². The lowest BCUT2D eigenvalue weighted by molar-refractivity contribution is -0.289. The number of nitrogen functional groups attached to an aromatic ring is 1. The fourth-order valence-electron chi connectivity index (χ4n) is 0.972. The Bertz CT molecular complexity index is 374. The van der Waals surface area contributed by atoms with Gasteiger partial charge in [-0.05, 0) is 18.2 Å². The number of hydrogen-bond donors (Lipinski definition) is 1. The van der Waals surface area contributed by atoms with E-state index in [0.717, 1.165) is 12.1 Å².